The van der Waals surface area contributed by atoms with Gasteiger partial charge in [0.15, 0.2) is 11.5 Å². The first-order valence-electron chi connectivity index (χ1n) is 6.66. The largest absolute Gasteiger partial charge is 0.497 e. The second kappa shape index (κ2) is 6.15. The third-order valence-corrected chi connectivity index (χ3v) is 3.73. The van der Waals surface area contributed by atoms with Crippen LogP contribution in [0.3, 0.4) is 0 Å². The van der Waals surface area contributed by atoms with Crippen molar-refractivity contribution in [2.24, 2.45) is 0 Å². The molecule has 0 aliphatic carbocycles. The molecule has 2 aromatic carbocycles. The van der Waals surface area contributed by atoms with Crippen LogP contribution in [0.2, 0.25) is 0 Å². The zero-order valence-corrected chi connectivity index (χ0v) is 12.6. The summed E-state index contributed by atoms with van der Waals surface area (Å²) in [5.41, 5.74) is 1.30. The summed E-state index contributed by atoms with van der Waals surface area (Å²) >= 11 is 6.21. The Morgan fingerprint density at radius 1 is 1.18 bits per heavy atom. The van der Waals surface area contributed by atoms with Crippen molar-refractivity contribution in [3.8, 4) is 17.2 Å². The lowest BCUT2D eigenvalue weighted by atomic mass is 10.1. The minimum atomic E-state index is -0.795. The Kier molecular flexibility index (Phi) is 4.06. The second-order valence-corrected chi connectivity index (χ2v) is 5.13. The monoisotopic (exact) mass is 319 g/mol. The van der Waals surface area contributed by atoms with Gasteiger partial charge >= 0.3 is 0 Å². The molecule has 0 fully saturated rings. The van der Waals surface area contributed by atoms with E-state index in [1.807, 2.05) is 0 Å². The molecule has 1 aliphatic rings. The van der Waals surface area contributed by atoms with Crippen molar-refractivity contribution in [2.75, 3.05) is 19.2 Å². The first-order valence-corrected chi connectivity index (χ1v) is 7.09. The molecule has 114 valence electrons. The van der Waals surface area contributed by atoms with Crippen LogP contribution in [0, 0.1) is 0 Å². The van der Waals surface area contributed by atoms with Crippen molar-refractivity contribution >= 4 is 23.2 Å². The minimum absolute atomic E-state index is 0.191. The molecule has 0 radical (unpaired) electrons. The molecule has 0 saturated carbocycles. The van der Waals surface area contributed by atoms with Gasteiger partial charge in [-0.15, -0.1) is 11.6 Å². The zero-order valence-electron chi connectivity index (χ0n) is 11.8. The van der Waals surface area contributed by atoms with E-state index in [1.165, 1.54) is 0 Å². The normalized spacial score (nSPS) is 13.5. The van der Waals surface area contributed by atoms with Crippen molar-refractivity contribution in [1.29, 1.82) is 0 Å². The molecule has 3 rings (SSSR count). The Balaban J connectivity index is 1.70. The molecule has 1 atom stereocenters. The molecule has 0 aromatic heterocycles. The standard InChI is InChI=1S/C16H14ClNO4/c1-20-12-5-2-10(3-6-12)15(17)16(19)18-11-4-7-13-14(8-11)22-9-21-13/h2-8,15H,9H2,1H3,(H,18,19). The predicted molar refractivity (Wildman–Crippen MR) is 82.8 cm³/mol. The van der Waals surface area contributed by atoms with Gasteiger partial charge in [0.25, 0.3) is 0 Å². The lowest BCUT2D eigenvalue weighted by molar-refractivity contribution is -0.116. The summed E-state index contributed by atoms with van der Waals surface area (Å²) in [5, 5.41) is 1.97. The smallest absolute Gasteiger partial charge is 0.246 e. The predicted octanol–water partition coefficient (Wildman–Crippen LogP) is 3.34. The number of hydrogen-bond donors (Lipinski definition) is 1. The van der Waals surface area contributed by atoms with Gasteiger partial charge in [-0.05, 0) is 29.8 Å². The van der Waals surface area contributed by atoms with E-state index in [0.717, 1.165) is 0 Å². The van der Waals surface area contributed by atoms with Crippen LogP contribution in [0.5, 0.6) is 17.2 Å². The van der Waals surface area contributed by atoms with E-state index in [9.17, 15) is 4.79 Å². The topological polar surface area (TPSA) is 56.8 Å². The van der Waals surface area contributed by atoms with E-state index in [-0.39, 0.29) is 12.7 Å². The molecule has 0 saturated heterocycles. The molecule has 1 unspecified atom stereocenters. The van der Waals surface area contributed by atoms with Crippen molar-refractivity contribution < 1.29 is 19.0 Å². The van der Waals surface area contributed by atoms with Gasteiger partial charge in [0, 0.05) is 11.8 Å². The van der Waals surface area contributed by atoms with Gasteiger partial charge in [0.05, 0.1) is 7.11 Å². The maximum Gasteiger partial charge on any atom is 0.246 e. The third kappa shape index (κ3) is 2.94. The number of fused-ring (bicyclic) bond motifs is 1. The van der Waals surface area contributed by atoms with Gasteiger partial charge < -0.3 is 19.5 Å². The zero-order chi connectivity index (χ0) is 15.5. The highest BCUT2D eigenvalue weighted by Gasteiger charge is 2.19. The van der Waals surface area contributed by atoms with Crippen LogP contribution in [0.4, 0.5) is 5.69 Å². The number of methoxy groups -OCH3 is 1. The number of nitrogens with one attached hydrogen (secondary N) is 1. The fourth-order valence-electron chi connectivity index (χ4n) is 2.10. The lowest BCUT2D eigenvalue weighted by Crippen LogP contribution is -2.17. The SMILES string of the molecule is COc1ccc(C(Cl)C(=O)Nc2ccc3c(c2)OCO3)cc1. The Labute approximate surface area is 132 Å². The fourth-order valence-corrected chi connectivity index (χ4v) is 2.30. The maximum absolute atomic E-state index is 12.2. The highest BCUT2D eigenvalue weighted by Crippen LogP contribution is 2.34. The number of amides is 1. The van der Waals surface area contributed by atoms with E-state index < -0.39 is 5.38 Å². The number of rotatable bonds is 4. The van der Waals surface area contributed by atoms with Gasteiger partial charge in [0.2, 0.25) is 12.7 Å². The van der Waals surface area contributed by atoms with Gasteiger partial charge in [-0.2, -0.15) is 0 Å². The van der Waals surface area contributed by atoms with E-state index >= 15 is 0 Å². The Bertz CT molecular complexity index is 687. The van der Waals surface area contributed by atoms with Crippen LogP contribution in [-0.4, -0.2) is 19.8 Å². The van der Waals surface area contributed by atoms with Gasteiger partial charge in [-0.3, -0.25) is 4.79 Å². The molecule has 22 heavy (non-hydrogen) atoms. The summed E-state index contributed by atoms with van der Waals surface area (Å²) in [7, 11) is 1.58. The van der Waals surface area contributed by atoms with Crippen LogP contribution < -0.4 is 19.5 Å². The number of carbonyl (C=O) groups is 1. The number of carbonyl (C=O) groups excluding carboxylic acids is 1. The summed E-state index contributed by atoms with van der Waals surface area (Å²) in [5.74, 6) is 1.67. The van der Waals surface area contributed by atoms with E-state index in [2.05, 4.69) is 5.32 Å². The van der Waals surface area contributed by atoms with Crippen molar-refractivity contribution in [3.63, 3.8) is 0 Å². The second-order valence-electron chi connectivity index (χ2n) is 4.69. The summed E-state index contributed by atoms with van der Waals surface area (Å²) in [6, 6.07) is 12.2. The average Bonchev–Trinajstić information content (AvgIpc) is 3.02. The molecule has 1 aliphatic heterocycles. The number of halogens is 1. The summed E-state index contributed by atoms with van der Waals surface area (Å²) in [4.78, 5) is 12.2. The van der Waals surface area contributed by atoms with E-state index in [1.54, 1.807) is 49.6 Å². The summed E-state index contributed by atoms with van der Waals surface area (Å²) < 4.78 is 15.6. The minimum Gasteiger partial charge on any atom is -0.497 e. The first-order chi connectivity index (χ1) is 10.7. The first kappa shape index (κ1) is 14.5. The summed E-state index contributed by atoms with van der Waals surface area (Å²) in [6.45, 7) is 0.191. The van der Waals surface area contributed by atoms with Crippen molar-refractivity contribution in [1.82, 2.24) is 0 Å². The number of anilines is 1. The number of alkyl halides is 1. The highest BCUT2D eigenvalue weighted by molar-refractivity contribution is 6.32. The molecule has 5 nitrogen and oxygen atoms in total. The summed E-state index contributed by atoms with van der Waals surface area (Å²) in [6.07, 6.45) is 0. The van der Waals surface area contributed by atoms with Crippen molar-refractivity contribution in [3.05, 3.63) is 48.0 Å². The third-order valence-electron chi connectivity index (χ3n) is 3.28. The Morgan fingerprint density at radius 3 is 2.64 bits per heavy atom. The van der Waals surface area contributed by atoms with Gasteiger partial charge in [-0.25, -0.2) is 0 Å². The van der Waals surface area contributed by atoms with Gasteiger partial charge in [0.1, 0.15) is 11.1 Å². The van der Waals surface area contributed by atoms with Crippen LogP contribution in [0.15, 0.2) is 42.5 Å². The van der Waals surface area contributed by atoms with E-state index in [0.29, 0.717) is 28.5 Å². The van der Waals surface area contributed by atoms with Gasteiger partial charge in [-0.1, -0.05) is 12.1 Å². The highest BCUT2D eigenvalue weighted by atomic mass is 35.5. The Morgan fingerprint density at radius 2 is 1.91 bits per heavy atom. The van der Waals surface area contributed by atoms with Crippen molar-refractivity contribution in [2.45, 2.75) is 5.38 Å². The number of benzene rings is 2. The van der Waals surface area contributed by atoms with Crippen LogP contribution in [0.25, 0.3) is 0 Å². The quantitative estimate of drug-likeness (QED) is 0.878. The van der Waals surface area contributed by atoms with Crippen LogP contribution in [-0.2, 0) is 4.79 Å². The molecule has 1 N–H and O–H groups in total. The molecule has 6 heteroatoms. The number of hydrogen-bond acceptors (Lipinski definition) is 4. The average molecular weight is 320 g/mol. The number of ether oxygens (including phenoxy) is 3. The van der Waals surface area contributed by atoms with E-state index in [4.69, 9.17) is 25.8 Å². The molecule has 0 bridgehead atoms. The van der Waals surface area contributed by atoms with Crippen LogP contribution in [0.1, 0.15) is 10.9 Å². The maximum atomic E-state index is 12.2. The molecular weight excluding hydrogens is 306 g/mol. The van der Waals surface area contributed by atoms with Crippen LogP contribution >= 0.6 is 11.6 Å². The molecule has 1 amide bonds. The molecule has 1 heterocycles. The lowest BCUT2D eigenvalue weighted by Gasteiger charge is -2.12. The molecule has 2 aromatic rings. The molecular formula is C16H14ClNO4. The fraction of sp³-hybridized carbons (Fsp3) is 0.188. The Hall–Kier alpha value is -2.40. The molecule has 0 spiro atoms.